The molecule has 6 heteroatoms. The summed E-state index contributed by atoms with van der Waals surface area (Å²) in [6.45, 7) is 2.60. The van der Waals surface area contributed by atoms with E-state index in [-0.39, 0.29) is 11.8 Å². The van der Waals surface area contributed by atoms with Gasteiger partial charge in [0.25, 0.3) is 0 Å². The number of likely N-dealkylation sites (tertiary alicyclic amines) is 1. The third-order valence-electron chi connectivity index (χ3n) is 3.77. The standard InChI is InChI=1S/C16H21ClN2O3/c1-3-6-14(20)19-10-5-9-13(19)16(21)18-12-8-4-7-11(17)15(12)22-2/h4,7-8,13H,3,5-6,9-10H2,1-2H3,(H,18,21). The number of hydrogen-bond donors (Lipinski definition) is 1. The molecule has 5 nitrogen and oxygen atoms in total. The first-order chi connectivity index (χ1) is 10.6. The fourth-order valence-electron chi connectivity index (χ4n) is 2.73. The van der Waals surface area contributed by atoms with E-state index in [1.807, 2.05) is 6.92 Å². The molecule has 0 aromatic heterocycles. The van der Waals surface area contributed by atoms with Crippen LogP contribution in [0.25, 0.3) is 0 Å². The number of benzene rings is 1. The molecule has 0 bridgehead atoms. The average Bonchev–Trinajstić information content (AvgIpc) is 2.97. The molecule has 0 saturated carbocycles. The van der Waals surface area contributed by atoms with Crippen LogP contribution in [0.4, 0.5) is 5.69 Å². The number of nitrogens with one attached hydrogen (secondary N) is 1. The van der Waals surface area contributed by atoms with Crippen molar-refractivity contribution < 1.29 is 14.3 Å². The van der Waals surface area contributed by atoms with Crippen LogP contribution < -0.4 is 10.1 Å². The van der Waals surface area contributed by atoms with Crippen molar-refractivity contribution in [1.82, 2.24) is 4.90 Å². The van der Waals surface area contributed by atoms with E-state index in [9.17, 15) is 9.59 Å². The summed E-state index contributed by atoms with van der Waals surface area (Å²) in [6.07, 6.45) is 2.79. The van der Waals surface area contributed by atoms with Crippen LogP contribution in [-0.2, 0) is 9.59 Å². The Morgan fingerprint density at radius 3 is 2.91 bits per heavy atom. The lowest BCUT2D eigenvalue weighted by molar-refractivity contribution is -0.136. The Morgan fingerprint density at radius 2 is 2.23 bits per heavy atom. The molecule has 1 atom stereocenters. The Bertz CT molecular complexity index is 562. The molecular formula is C16H21ClN2O3. The zero-order valence-corrected chi connectivity index (χ0v) is 13.7. The lowest BCUT2D eigenvalue weighted by Crippen LogP contribution is -2.43. The third-order valence-corrected chi connectivity index (χ3v) is 4.07. The number of carbonyl (C=O) groups excluding carboxylic acids is 2. The van der Waals surface area contributed by atoms with Gasteiger partial charge in [-0.1, -0.05) is 24.6 Å². The first kappa shape index (κ1) is 16.6. The van der Waals surface area contributed by atoms with E-state index >= 15 is 0 Å². The monoisotopic (exact) mass is 324 g/mol. The topological polar surface area (TPSA) is 58.6 Å². The Hall–Kier alpha value is -1.75. The minimum absolute atomic E-state index is 0.0400. The minimum Gasteiger partial charge on any atom is -0.493 e. The summed E-state index contributed by atoms with van der Waals surface area (Å²) in [5.41, 5.74) is 0.523. The second-order valence-electron chi connectivity index (χ2n) is 5.31. The van der Waals surface area contributed by atoms with Crippen molar-refractivity contribution in [3.63, 3.8) is 0 Å². The summed E-state index contributed by atoms with van der Waals surface area (Å²) >= 11 is 6.05. The molecule has 1 aliphatic heterocycles. The number of rotatable bonds is 5. The van der Waals surface area contributed by atoms with Gasteiger partial charge in [0.1, 0.15) is 6.04 Å². The molecule has 0 radical (unpaired) electrons. The molecular weight excluding hydrogens is 304 g/mol. The lowest BCUT2D eigenvalue weighted by atomic mass is 10.2. The number of amides is 2. The third kappa shape index (κ3) is 3.53. The Kier molecular flexibility index (Phi) is 5.66. The predicted molar refractivity (Wildman–Crippen MR) is 86.3 cm³/mol. The maximum atomic E-state index is 12.5. The number of methoxy groups -OCH3 is 1. The van der Waals surface area contributed by atoms with Crippen molar-refractivity contribution in [3.8, 4) is 5.75 Å². The molecule has 1 N–H and O–H groups in total. The van der Waals surface area contributed by atoms with Crippen LogP contribution in [0.3, 0.4) is 0 Å². The molecule has 1 saturated heterocycles. The van der Waals surface area contributed by atoms with Gasteiger partial charge in [-0.2, -0.15) is 0 Å². The summed E-state index contributed by atoms with van der Waals surface area (Å²) in [4.78, 5) is 26.3. The zero-order valence-electron chi connectivity index (χ0n) is 12.9. The van der Waals surface area contributed by atoms with Gasteiger partial charge < -0.3 is 15.0 Å². The number of hydrogen-bond acceptors (Lipinski definition) is 3. The van der Waals surface area contributed by atoms with Crippen LogP contribution in [0.1, 0.15) is 32.6 Å². The van der Waals surface area contributed by atoms with Crippen LogP contribution in [-0.4, -0.2) is 36.4 Å². The molecule has 0 spiro atoms. The smallest absolute Gasteiger partial charge is 0.247 e. The quantitative estimate of drug-likeness (QED) is 0.905. The number of anilines is 1. The molecule has 1 unspecified atom stereocenters. The summed E-state index contributed by atoms with van der Waals surface area (Å²) in [7, 11) is 1.50. The highest BCUT2D eigenvalue weighted by molar-refractivity contribution is 6.32. The Labute approximate surface area is 135 Å². The molecule has 2 rings (SSSR count). The van der Waals surface area contributed by atoms with Crippen molar-refractivity contribution in [3.05, 3.63) is 23.2 Å². The molecule has 22 heavy (non-hydrogen) atoms. The van der Waals surface area contributed by atoms with Gasteiger partial charge in [-0.05, 0) is 31.4 Å². The van der Waals surface area contributed by atoms with E-state index in [0.717, 1.165) is 12.8 Å². The molecule has 1 fully saturated rings. The van der Waals surface area contributed by atoms with E-state index in [4.69, 9.17) is 16.3 Å². The molecule has 1 aromatic carbocycles. The van der Waals surface area contributed by atoms with E-state index in [0.29, 0.717) is 35.8 Å². The first-order valence-corrected chi connectivity index (χ1v) is 7.89. The van der Waals surface area contributed by atoms with Gasteiger partial charge in [0, 0.05) is 13.0 Å². The Morgan fingerprint density at radius 1 is 1.45 bits per heavy atom. The van der Waals surface area contributed by atoms with Crippen LogP contribution in [0.5, 0.6) is 5.75 Å². The maximum absolute atomic E-state index is 12.5. The van der Waals surface area contributed by atoms with E-state index in [1.165, 1.54) is 7.11 Å². The zero-order chi connectivity index (χ0) is 16.1. The minimum atomic E-state index is -0.414. The van der Waals surface area contributed by atoms with E-state index in [1.54, 1.807) is 23.1 Å². The van der Waals surface area contributed by atoms with Gasteiger partial charge >= 0.3 is 0 Å². The summed E-state index contributed by atoms with van der Waals surface area (Å²) in [5, 5.41) is 3.26. The van der Waals surface area contributed by atoms with Crippen molar-refractivity contribution in [1.29, 1.82) is 0 Å². The van der Waals surface area contributed by atoms with Crippen LogP contribution in [0.15, 0.2) is 18.2 Å². The first-order valence-electron chi connectivity index (χ1n) is 7.51. The predicted octanol–water partition coefficient (Wildman–Crippen LogP) is 3.08. The number of carbonyl (C=O) groups is 2. The molecule has 0 aliphatic carbocycles. The second-order valence-corrected chi connectivity index (χ2v) is 5.71. The lowest BCUT2D eigenvalue weighted by Gasteiger charge is -2.24. The number of ether oxygens (including phenoxy) is 1. The summed E-state index contributed by atoms with van der Waals surface area (Å²) in [5.74, 6) is 0.280. The molecule has 1 heterocycles. The summed E-state index contributed by atoms with van der Waals surface area (Å²) in [6, 6.07) is 4.76. The molecule has 1 aliphatic rings. The normalized spacial score (nSPS) is 17.4. The van der Waals surface area contributed by atoms with Gasteiger partial charge in [0.15, 0.2) is 5.75 Å². The van der Waals surface area contributed by atoms with Gasteiger partial charge in [0.05, 0.1) is 17.8 Å². The van der Waals surface area contributed by atoms with Crippen molar-refractivity contribution >= 4 is 29.1 Å². The SMILES string of the molecule is CCCC(=O)N1CCCC1C(=O)Nc1cccc(Cl)c1OC. The van der Waals surface area contributed by atoms with Gasteiger partial charge in [-0.3, -0.25) is 9.59 Å². The number of halogens is 1. The van der Waals surface area contributed by atoms with Crippen molar-refractivity contribution in [2.75, 3.05) is 19.0 Å². The maximum Gasteiger partial charge on any atom is 0.247 e. The largest absolute Gasteiger partial charge is 0.493 e. The highest BCUT2D eigenvalue weighted by Gasteiger charge is 2.33. The number of para-hydroxylation sites is 1. The van der Waals surface area contributed by atoms with Crippen molar-refractivity contribution in [2.45, 2.75) is 38.6 Å². The molecule has 1 aromatic rings. The number of nitrogens with zero attached hydrogens (tertiary/aromatic N) is 1. The fraction of sp³-hybridized carbons (Fsp3) is 0.500. The van der Waals surface area contributed by atoms with Gasteiger partial charge in [-0.25, -0.2) is 0 Å². The fourth-order valence-corrected chi connectivity index (χ4v) is 2.98. The van der Waals surface area contributed by atoms with E-state index in [2.05, 4.69) is 5.32 Å². The van der Waals surface area contributed by atoms with Gasteiger partial charge in [-0.15, -0.1) is 0 Å². The van der Waals surface area contributed by atoms with Crippen LogP contribution in [0, 0.1) is 0 Å². The van der Waals surface area contributed by atoms with E-state index < -0.39 is 6.04 Å². The highest BCUT2D eigenvalue weighted by Crippen LogP contribution is 2.33. The van der Waals surface area contributed by atoms with Crippen LogP contribution >= 0.6 is 11.6 Å². The second kappa shape index (κ2) is 7.49. The molecule has 2 amide bonds. The molecule has 120 valence electrons. The average molecular weight is 325 g/mol. The highest BCUT2D eigenvalue weighted by atomic mass is 35.5. The Balaban J connectivity index is 2.12. The van der Waals surface area contributed by atoms with Crippen LogP contribution in [0.2, 0.25) is 5.02 Å². The van der Waals surface area contributed by atoms with Gasteiger partial charge in [0.2, 0.25) is 11.8 Å². The van der Waals surface area contributed by atoms with Crippen molar-refractivity contribution in [2.24, 2.45) is 0 Å². The summed E-state index contributed by atoms with van der Waals surface area (Å²) < 4.78 is 5.23.